The summed E-state index contributed by atoms with van der Waals surface area (Å²) >= 11 is 0. The van der Waals surface area contributed by atoms with Crippen LogP contribution < -0.4 is 21.5 Å². The number of nitrogens with one attached hydrogen (secondary N) is 3. The predicted octanol–water partition coefficient (Wildman–Crippen LogP) is 1.53. The number of hydrogen-bond donors (Lipinski definition) is 3. The number of rotatable bonds is 7. The Hall–Kier alpha value is -3.75. The third-order valence-electron chi connectivity index (χ3n) is 5.02. The predicted molar refractivity (Wildman–Crippen MR) is 118 cm³/mol. The van der Waals surface area contributed by atoms with E-state index in [1.54, 1.807) is 30.3 Å². The van der Waals surface area contributed by atoms with E-state index in [9.17, 15) is 14.4 Å². The molecule has 0 unspecified atom stereocenters. The normalized spacial score (nSPS) is 13.1. The molecule has 0 spiro atoms. The number of amides is 2. The zero-order valence-corrected chi connectivity index (χ0v) is 17.4. The fourth-order valence-electron chi connectivity index (χ4n) is 3.27. The number of aryl methyl sites for hydroxylation is 1. The third-order valence-corrected chi connectivity index (χ3v) is 5.02. The van der Waals surface area contributed by atoms with Crippen LogP contribution in [0.4, 0.5) is 5.95 Å². The number of anilines is 1. The summed E-state index contributed by atoms with van der Waals surface area (Å²) in [5.41, 5.74) is 2.12. The van der Waals surface area contributed by atoms with Crippen molar-refractivity contribution in [1.82, 2.24) is 25.2 Å². The second kappa shape index (κ2) is 8.55. The number of fused-ring (bicyclic) bond motifs is 1. The molecule has 0 bridgehead atoms. The van der Waals surface area contributed by atoms with Crippen LogP contribution in [-0.4, -0.2) is 45.5 Å². The van der Waals surface area contributed by atoms with E-state index in [0.717, 1.165) is 23.9 Å². The maximum atomic E-state index is 12.7. The van der Waals surface area contributed by atoms with Crippen molar-refractivity contribution in [1.29, 1.82) is 0 Å². The van der Waals surface area contributed by atoms with Gasteiger partial charge in [0.2, 0.25) is 11.9 Å². The van der Waals surface area contributed by atoms with Crippen LogP contribution in [0.3, 0.4) is 0 Å². The first-order chi connectivity index (χ1) is 14.9. The summed E-state index contributed by atoms with van der Waals surface area (Å²) in [6.45, 7) is 4.19. The molecule has 160 valence electrons. The topological polar surface area (TPSA) is 118 Å². The minimum Gasteiger partial charge on any atom is -0.355 e. The van der Waals surface area contributed by atoms with Gasteiger partial charge in [-0.15, -0.1) is 0 Å². The van der Waals surface area contributed by atoms with Crippen molar-refractivity contribution >= 4 is 28.8 Å². The van der Waals surface area contributed by atoms with Gasteiger partial charge in [-0.25, -0.2) is 4.98 Å². The van der Waals surface area contributed by atoms with E-state index >= 15 is 0 Å². The van der Waals surface area contributed by atoms with Crippen LogP contribution in [0.2, 0.25) is 0 Å². The van der Waals surface area contributed by atoms with Crippen LogP contribution in [0.15, 0.2) is 41.2 Å². The van der Waals surface area contributed by atoms with Gasteiger partial charge in [-0.3, -0.25) is 19.0 Å². The number of nitrogens with zero attached hydrogens (tertiary/aromatic N) is 3. The maximum absolute atomic E-state index is 12.7. The molecule has 1 aliphatic rings. The van der Waals surface area contributed by atoms with Crippen molar-refractivity contribution in [3.63, 3.8) is 0 Å². The summed E-state index contributed by atoms with van der Waals surface area (Å²) in [5, 5.41) is 9.48. The van der Waals surface area contributed by atoms with E-state index in [4.69, 9.17) is 0 Å². The summed E-state index contributed by atoms with van der Waals surface area (Å²) in [6.07, 6.45) is 2.05. The maximum Gasteiger partial charge on any atom is 0.256 e. The number of pyridine rings is 1. The Morgan fingerprint density at radius 3 is 2.48 bits per heavy atom. The Morgan fingerprint density at radius 2 is 1.81 bits per heavy atom. The smallest absolute Gasteiger partial charge is 0.256 e. The van der Waals surface area contributed by atoms with Crippen LogP contribution in [0, 0.1) is 6.92 Å². The number of carbonyl (C=O) groups is 2. The van der Waals surface area contributed by atoms with E-state index in [1.165, 1.54) is 17.6 Å². The molecule has 9 heteroatoms. The average molecular weight is 420 g/mol. The van der Waals surface area contributed by atoms with Gasteiger partial charge in [0.05, 0.1) is 11.4 Å². The van der Waals surface area contributed by atoms with Gasteiger partial charge >= 0.3 is 0 Å². The highest BCUT2D eigenvalue weighted by Crippen LogP contribution is 2.21. The number of aromatic nitrogens is 3. The molecular formula is C22H24N6O3. The SMILES string of the molecule is CC(=O)NCCNc1nc(C)c2ccc(=O)n(-c3ccc(C(=O)NC4CC4)cc3)c2n1. The molecule has 0 atom stereocenters. The zero-order chi connectivity index (χ0) is 22.0. The fourth-order valence-corrected chi connectivity index (χ4v) is 3.27. The molecule has 1 fully saturated rings. The second-order valence-corrected chi connectivity index (χ2v) is 7.58. The first-order valence-electron chi connectivity index (χ1n) is 10.2. The monoisotopic (exact) mass is 420 g/mol. The molecule has 2 amide bonds. The minimum absolute atomic E-state index is 0.108. The molecule has 31 heavy (non-hydrogen) atoms. The first-order valence-corrected chi connectivity index (χ1v) is 10.2. The Kier molecular flexibility index (Phi) is 5.66. The van der Waals surface area contributed by atoms with Gasteiger partial charge < -0.3 is 16.0 Å². The summed E-state index contributed by atoms with van der Waals surface area (Å²) in [5.74, 6) is 0.152. The lowest BCUT2D eigenvalue weighted by atomic mass is 10.1. The zero-order valence-electron chi connectivity index (χ0n) is 17.4. The van der Waals surface area contributed by atoms with E-state index in [2.05, 4.69) is 25.9 Å². The second-order valence-electron chi connectivity index (χ2n) is 7.58. The van der Waals surface area contributed by atoms with Crippen molar-refractivity contribution in [2.45, 2.75) is 32.7 Å². The van der Waals surface area contributed by atoms with E-state index in [1.807, 2.05) is 6.92 Å². The fraction of sp³-hybridized carbons (Fsp3) is 0.318. The van der Waals surface area contributed by atoms with Crippen LogP contribution in [0.1, 0.15) is 35.8 Å². The lowest BCUT2D eigenvalue weighted by Gasteiger charge is -2.13. The molecule has 3 N–H and O–H groups in total. The van der Waals surface area contributed by atoms with Crippen molar-refractivity contribution in [2.75, 3.05) is 18.4 Å². The van der Waals surface area contributed by atoms with Gasteiger partial charge in [0, 0.05) is 43.1 Å². The van der Waals surface area contributed by atoms with Crippen LogP contribution in [0.5, 0.6) is 0 Å². The van der Waals surface area contributed by atoms with Crippen molar-refractivity contribution in [3.8, 4) is 5.69 Å². The quantitative estimate of drug-likeness (QED) is 0.499. The highest BCUT2D eigenvalue weighted by molar-refractivity contribution is 5.94. The third kappa shape index (κ3) is 4.71. The van der Waals surface area contributed by atoms with E-state index in [0.29, 0.717) is 35.9 Å². The van der Waals surface area contributed by atoms with Gasteiger partial charge in [-0.05, 0) is 50.1 Å². The van der Waals surface area contributed by atoms with Gasteiger partial charge in [-0.1, -0.05) is 0 Å². The summed E-state index contributed by atoms with van der Waals surface area (Å²) in [4.78, 5) is 45.0. The largest absolute Gasteiger partial charge is 0.355 e. The molecule has 1 aromatic carbocycles. The summed E-state index contributed by atoms with van der Waals surface area (Å²) in [7, 11) is 0. The van der Waals surface area contributed by atoms with Gasteiger partial charge in [0.1, 0.15) is 0 Å². The Labute approximate surface area is 178 Å². The molecule has 1 saturated carbocycles. The van der Waals surface area contributed by atoms with E-state index < -0.39 is 0 Å². The molecule has 0 radical (unpaired) electrons. The lowest BCUT2D eigenvalue weighted by molar-refractivity contribution is -0.118. The van der Waals surface area contributed by atoms with Gasteiger partial charge in [0.15, 0.2) is 5.65 Å². The standard InChI is InChI=1S/C22H24N6O3/c1-13-18-9-10-19(30)28(20(18)27-22(25-13)24-12-11-23-14(2)29)17-7-3-15(4-8-17)21(31)26-16-5-6-16/h3-4,7-10,16H,5-6,11-12H2,1-2H3,(H,23,29)(H,26,31)(H,24,25,27). The highest BCUT2D eigenvalue weighted by Gasteiger charge is 2.23. The van der Waals surface area contributed by atoms with Gasteiger partial charge in [-0.2, -0.15) is 4.98 Å². The number of hydrogen-bond acceptors (Lipinski definition) is 6. The summed E-state index contributed by atoms with van der Waals surface area (Å²) < 4.78 is 1.51. The van der Waals surface area contributed by atoms with Crippen LogP contribution in [0.25, 0.3) is 16.7 Å². The molecule has 2 heterocycles. The minimum atomic E-state index is -0.232. The van der Waals surface area contributed by atoms with Crippen molar-refractivity contribution in [3.05, 3.63) is 58.0 Å². The molecule has 9 nitrogen and oxygen atoms in total. The van der Waals surface area contributed by atoms with Crippen LogP contribution in [-0.2, 0) is 4.79 Å². The molecular weight excluding hydrogens is 396 g/mol. The summed E-state index contributed by atoms with van der Waals surface area (Å²) in [6, 6.07) is 10.4. The van der Waals surface area contributed by atoms with E-state index in [-0.39, 0.29) is 23.4 Å². The van der Waals surface area contributed by atoms with Gasteiger partial charge in [0.25, 0.3) is 11.5 Å². The Morgan fingerprint density at radius 1 is 1.06 bits per heavy atom. The Bertz CT molecular complexity index is 1200. The molecule has 0 saturated heterocycles. The highest BCUT2D eigenvalue weighted by atomic mass is 16.2. The Balaban J connectivity index is 1.66. The number of carbonyl (C=O) groups excluding carboxylic acids is 2. The van der Waals surface area contributed by atoms with Crippen LogP contribution >= 0.6 is 0 Å². The molecule has 2 aromatic heterocycles. The van der Waals surface area contributed by atoms with Crippen molar-refractivity contribution in [2.24, 2.45) is 0 Å². The first kappa shape index (κ1) is 20.5. The molecule has 1 aliphatic carbocycles. The molecule has 0 aliphatic heterocycles. The number of benzene rings is 1. The average Bonchev–Trinajstić information content (AvgIpc) is 3.55. The lowest BCUT2D eigenvalue weighted by Crippen LogP contribution is -2.27. The van der Waals surface area contributed by atoms with Crippen molar-refractivity contribution < 1.29 is 9.59 Å². The molecule has 4 rings (SSSR count). The molecule has 3 aromatic rings.